The number of amides is 1. The van der Waals surface area contributed by atoms with Crippen LogP contribution < -0.4 is 4.74 Å². The fourth-order valence-corrected chi connectivity index (χ4v) is 4.20. The average molecular weight is 477 g/mol. The number of benzene rings is 1. The minimum atomic E-state index is -0.507. The Hall–Kier alpha value is -2.36. The number of methoxy groups -OCH3 is 1. The molecule has 1 aromatic carbocycles. The molecule has 0 atom stereocenters. The van der Waals surface area contributed by atoms with Gasteiger partial charge < -0.3 is 24.1 Å². The van der Waals surface area contributed by atoms with Crippen molar-refractivity contribution in [3.05, 3.63) is 30.5 Å². The maximum Gasteiger partial charge on any atom is 0.410 e. The van der Waals surface area contributed by atoms with Gasteiger partial charge in [-0.15, -0.1) is 0 Å². The quantitative estimate of drug-likeness (QED) is 0.458. The van der Waals surface area contributed by atoms with Crippen LogP contribution in [0.3, 0.4) is 0 Å². The number of piperazine rings is 1. The summed E-state index contributed by atoms with van der Waals surface area (Å²) in [6, 6.07) is 8.38. The molecule has 0 unspecified atom stereocenters. The van der Waals surface area contributed by atoms with Gasteiger partial charge in [-0.25, -0.2) is 14.1 Å². The normalized spacial score (nSPS) is 14.8. The minimum absolute atomic E-state index is 0.0887. The Morgan fingerprint density at radius 1 is 1.18 bits per heavy atom. The molecule has 9 heteroatoms. The molecule has 1 aliphatic rings. The number of carbonyl (C=O) groups is 2. The van der Waals surface area contributed by atoms with Gasteiger partial charge in [-0.3, -0.25) is 0 Å². The molecule has 1 saturated heterocycles. The summed E-state index contributed by atoms with van der Waals surface area (Å²) in [5, 5.41) is 2.29. The predicted octanol–water partition coefficient (Wildman–Crippen LogP) is 3.94. The molecule has 1 amide bonds. The van der Waals surface area contributed by atoms with Crippen LogP contribution in [-0.2, 0) is 9.53 Å². The first-order valence-electron chi connectivity index (χ1n) is 11.1. The molecule has 2 aromatic rings. The monoisotopic (exact) mass is 476 g/mol. The summed E-state index contributed by atoms with van der Waals surface area (Å²) < 4.78 is 12.8. The van der Waals surface area contributed by atoms with E-state index in [1.807, 2.05) is 18.1 Å². The Morgan fingerprint density at radius 3 is 2.45 bits per heavy atom. The van der Waals surface area contributed by atoms with Gasteiger partial charge in [0, 0.05) is 54.6 Å². The van der Waals surface area contributed by atoms with Crippen LogP contribution in [-0.4, -0.2) is 90.5 Å². The van der Waals surface area contributed by atoms with Crippen LogP contribution in [0.4, 0.5) is 4.79 Å². The Kier molecular flexibility index (Phi) is 10.4. The van der Waals surface area contributed by atoms with Gasteiger partial charge in [0.2, 0.25) is 5.88 Å². The van der Waals surface area contributed by atoms with Gasteiger partial charge in [0.15, 0.2) is 0 Å². The van der Waals surface area contributed by atoms with Crippen molar-refractivity contribution in [2.75, 3.05) is 53.4 Å². The Bertz CT molecular complexity index is 911. The van der Waals surface area contributed by atoms with Crippen molar-refractivity contribution in [3.63, 3.8) is 0 Å². The standard InChI is InChI=1S/C15H19N3OS.C9H17NO3/c1-17-8-10-18(11-9-17)20-14-5-3-4-13-12(14)6-7-16-15(13)19-2;1-5-10(6-7-11)8(12)13-9(2,3)4/h3-7H,8-11H2,1-2H3;7H,5-6H2,1-4H3. The maximum atomic E-state index is 11.3. The zero-order chi connectivity index (χ0) is 24.4. The zero-order valence-corrected chi connectivity index (χ0v) is 21.4. The molecule has 182 valence electrons. The number of hydrogen-bond acceptors (Lipinski definition) is 8. The molecule has 0 saturated carbocycles. The molecule has 3 rings (SSSR count). The van der Waals surface area contributed by atoms with E-state index in [0.29, 0.717) is 18.7 Å². The lowest BCUT2D eigenvalue weighted by Gasteiger charge is -2.31. The number of aromatic nitrogens is 1. The third kappa shape index (κ3) is 8.49. The third-order valence-electron chi connectivity index (χ3n) is 4.94. The number of ether oxygens (including phenoxy) is 2. The highest BCUT2D eigenvalue weighted by Crippen LogP contribution is 2.33. The summed E-state index contributed by atoms with van der Waals surface area (Å²) >= 11 is 1.84. The largest absolute Gasteiger partial charge is 0.481 e. The summed E-state index contributed by atoms with van der Waals surface area (Å²) in [4.78, 5) is 30.8. The molecular formula is C24H36N4O4S. The van der Waals surface area contributed by atoms with Gasteiger partial charge >= 0.3 is 6.09 Å². The molecule has 1 aromatic heterocycles. The lowest BCUT2D eigenvalue weighted by Crippen LogP contribution is -2.40. The SMILES string of the molecule is CCN(CC=O)C(=O)OC(C)(C)C.COc1nccc2c(SN3CCN(C)CC3)cccc12. The second-order valence-corrected chi connectivity index (χ2v) is 9.82. The van der Waals surface area contributed by atoms with Gasteiger partial charge in [-0.05, 0) is 64.9 Å². The van der Waals surface area contributed by atoms with Crippen LogP contribution in [0, 0.1) is 0 Å². The summed E-state index contributed by atoms with van der Waals surface area (Å²) in [6.07, 6.45) is 2.06. The average Bonchev–Trinajstić information content (AvgIpc) is 2.78. The number of fused-ring (bicyclic) bond motifs is 1. The van der Waals surface area contributed by atoms with Crippen molar-refractivity contribution in [1.82, 2.24) is 19.1 Å². The van der Waals surface area contributed by atoms with E-state index in [0.717, 1.165) is 31.6 Å². The number of rotatable bonds is 6. The number of carbonyl (C=O) groups excluding carboxylic acids is 2. The highest BCUT2D eigenvalue weighted by Gasteiger charge is 2.20. The fraction of sp³-hybridized carbons (Fsp3) is 0.542. The summed E-state index contributed by atoms with van der Waals surface area (Å²) in [5.41, 5.74) is -0.507. The van der Waals surface area contributed by atoms with Crippen LogP contribution in [0.25, 0.3) is 10.8 Å². The first-order chi connectivity index (χ1) is 15.7. The van der Waals surface area contributed by atoms with Crippen LogP contribution >= 0.6 is 11.9 Å². The molecule has 0 N–H and O–H groups in total. The van der Waals surface area contributed by atoms with Gasteiger partial charge in [-0.2, -0.15) is 0 Å². The molecule has 8 nitrogen and oxygen atoms in total. The predicted molar refractivity (Wildman–Crippen MR) is 133 cm³/mol. The molecule has 0 bridgehead atoms. The van der Waals surface area contributed by atoms with E-state index in [9.17, 15) is 9.59 Å². The molecule has 0 spiro atoms. The molecule has 1 aliphatic heterocycles. The number of aldehydes is 1. The van der Waals surface area contributed by atoms with E-state index in [1.54, 1.807) is 34.8 Å². The molecule has 2 heterocycles. The number of pyridine rings is 1. The first kappa shape index (κ1) is 26.9. The lowest BCUT2D eigenvalue weighted by molar-refractivity contribution is -0.108. The lowest BCUT2D eigenvalue weighted by atomic mass is 10.2. The van der Waals surface area contributed by atoms with Crippen molar-refractivity contribution in [3.8, 4) is 5.88 Å². The van der Waals surface area contributed by atoms with Gasteiger partial charge in [-0.1, -0.05) is 6.07 Å². The number of nitrogens with zero attached hydrogens (tertiary/aromatic N) is 4. The fourth-order valence-electron chi connectivity index (χ4n) is 3.16. The highest BCUT2D eigenvalue weighted by molar-refractivity contribution is 7.97. The number of likely N-dealkylation sites (N-methyl/N-ethyl adjacent to an activating group) is 2. The van der Waals surface area contributed by atoms with Crippen LogP contribution in [0.15, 0.2) is 35.4 Å². The molecule has 0 aliphatic carbocycles. The van der Waals surface area contributed by atoms with Gasteiger partial charge in [0.1, 0.15) is 11.9 Å². The molecule has 1 fully saturated rings. The summed E-state index contributed by atoms with van der Waals surface area (Å²) in [7, 11) is 3.85. The zero-order valence-electron chi connectivity index (χ0n) is 20.5. The molecule has 33 heavy (non-hydrogen) atoms. The van der Waals surface area contributed by atoms with Crippen LogP contribution in [0.5, 0.6) is 5.88 Å². The van der Waals surface area contributed by atoms with Crippen molar-refractivity contribution < 1.29 is 19.1 Å². The topological polar surface area (TPSA) is 75.2 Å². The Labute approximate surface area is 201 Å². The van der Waals surface area contributed by atoms with E-state index >= 15 is 0 Å². The van der Waals surface area contributed by atoms with Crippen LogP contribution in [0.1, 0.15) is 27.7 Å². The van der Waals surface area contributed by atoms with Gasteiger partial charge in [0.05, 0.1) is 13.7 Å². The van der Waals surface area contributed by atoms with E-state index < -0.39 is 11.7 Å². The number of hydrogen-bond donors (Lipinski definition) is 0. The first-order valence-corrected chi connectivity index (χ1v) is 11.9. The second-order valence-electron chi connectivity index (χ2n) is 8.68. The summed E-state index contributed by atoms with van der Waals surface area (Å²) in [6.45, 7) is 12.2. The second kappa shape index (κ2) is 12.8. The van der Waals surface area contributed by atoms with E-state index in [4.69, 9.17) is 9.47 Å². The van der Waals surface area contributed by atoms with E-state index in [2.05, 4.69) is 45.5 Å². The summed E-state index contributed by atoms with van der Waals surface area (Å²) in [5.74, 6) is 0.698. The Morgan fingerprint density at radius 2 is 1.88 bits per heavy atom. The van der Waals surface area contributed by atoms with E-state index in [-0.39, 0.29) is 6.54 Å². The third-order valence-corrected chi connectivity index (χ3v) is 6.12. The van der Waals surface area contributed by atoms with Crippen LogP contribution in [0.2, 0.25) is 0 Å². The molecule has 0 radical (unpaired) electrons. The minimum Gasteiger partial charge on any atom is -0.481 e. The van der Waals surface area contributed by atoms with Crippen molar-refractivity contribution >= 4 is 35.1 Å². The van der Waals surface area contributed by atoms with Crippen molar-refractivity contribution in [2.24, 2.45) is 0 Å². The van der Waals surface area contributed by atoms with Crippen molar-refractivity contribution in [2.45, 2.75) is 38.2 Å². The van der Waals surface area contributed by atoms with Crippen molar-refractivity contribution in [1.29, 1.82) is 0 Å². The Balaban J connectivity index is 0.000000260. The van der Waals surface area contributed by atoms with E-state index in [1.165, 1.54) is 15.2 Å². The highest BCUT2D eigenvalue weighted by atomic mass is 32.2. The molecular weight excluding hydrogens is 440 g/mol. The smallest absolute Gasteiger partial charge is 0.410 e. The van der Waals surface area contributed by atoms with Gasteiger partial charge in [0.25, 0.3) is 0 Å². The maximum absolute atomic E-state index is 11.3.